The van der Waals surface area contributed by atoms with Crippen molar-refractivity contribution in [3.05, 3.63) is 64.0 Å². The van der Waals surface area contributed by atoms with Crippen molar-refractivity contribution in [3.8, 4) is 29.1 Å². The zero-order valence-corrected chi connectivity index (χ0v) is 23.8. The summed E-state index contributed by atoms with van der Waals surface area (Å²) in [6, 6.07) is 16.5. The van der Waals surface area contributed by atoms with Gasteiger partial charge in [-0.25, -0.2) is 4.98 Å². The molecule has 3 aliphatic rings. The van der Waals surface area contributed by atoms with E-state index in [-0.39, 0.29) is 12.6 Å². The molecule has 3 fully saturated rings. The number of hydrogen-bond acceptors (Lipinski definition) is 10. The zero-order chi connectivity index (χ0) is 28.3. The van der Waals surface area contributed by atoms with E-state index < -0.39 is 6.10 Å². The smallest absolute Gasteiger partial charge is 0.186 e. The van der Waals surface area contributed by atoms with Crippen molar-refractivity contribution in [1.82, 2.24) is 14.8 Å². The molecule has 4 heterocycles. The summed E-state index contributed by atoms with van der Waals surface area (Å²) in [6.45, 7) is 7.36. The van der Waals surface area contributed by atoms with E-state index in [2.05, 4.69) is 45.2 Å². The summed E-state index contributed by atoms with van der Waals surface area (Å²) >= 11 is 1.62. The van der Waals surface area contributed by atoms with Crippen LogP contribution in [-0.2, 0) is 22.7 Å². The molecule has 0 spiro atoms. The quantitative estimate of drug-likeness (QED) is 0.373. The van der Waals surface area contributed by atoms with Gasteiger partial charge in [-0.05, 0) is 37.1 Å². The van der Waals surface area contributed by atoms with Gasteiger partial charge in [0.15, 0.2) is 11.2 Å². The van der Waals surface area contributed by atoms with Crippen molar-refractivity contribution in [2.75, 3.05) is 44.4 Å². The van der Waals surface area contributed by atoms with Crippen molar-refractivity contribution in [2.24, 2.45) is 5.92 Å². The molecule has 0 aliphatic carbocycles. The van der Waals surface area contributed by atoms with Gasteiger partial charge in [0.25, 0.3) is 0 Å². The number of hydrogen-bond donors (Lipinski definition) is 0. The molecule has 3 saturated heterocycles. The van der Waals surface area contributed by atoms with Crippen molar-refractivity contribution < 1.29 is 14.3 Å². The standard InChI is InChI=1S/C31H32N6O3S/c1-21-2-5-30(27(10-21)28-19-41-31(34-28)37-15-23-6-7-36(20-37)29(23)17-38)40-18-24-4-3-22(11-25(24)12-32)14-35-8-9-39-26(13-33)16-35/h2-5,10-11,17,19,23,26,29H,6-9,14-16,18,20H2,1H3/t23?,26?,29-/m0/s1. The second kappa shape index (κ2) is 12.0. The third kappa shape index (κ3) is 5.83. The van der Waals surface area contributed by atoms with E-state index in [0.29, 0.717) is 31.2 Å². The van der Waals surface area contributed by atoms with Gasteiger partial charge in [-0.3, -0.25) is 9.80 Å². The fraction of sp³-hybridized carbons (Fsp3) is 0.419. The van der Waals surface area contributed by atoms with Crippen LogP contribution in [0.5, 0.6) is 5.75 Å². The van der Waals surface area contributed by atoms with Gasteiger partial charge in [0.1, 0.15) is 18.6 Å². The first kappa shape index (κ1) is 27.4. The lowest BCUT2D eigenvalue weighted by atomic mass is 10.00. The highest BCUT2D eigenvalue weighted by molar-refractivity contribution is 7.14. The number of anilines is 1. The van der Waals surface area contributed by atoms with Crippen LogP contribution >= 0.6 is 11.3 Å². The highest BCUT2D eigenvalue weighted by Crippen LogP contribution is 2.37. The van der Waals surface area contributed by atoms with Crippen LogP contribution in [0.25, 0.3) is 11.3 Å². The van der Waals surface area contributed by atoms with Gasteiger partial charge in [0.05, 0.1) is 42.7 Å². The predicted octanol–water partition coefficient (Wildman–Crippen LogP) is 3.96. The Morgan fingerprint density at radius 2 is 2.10 bits per heavy atom. The maximum absolute atomic E-state index is 11.5. The SMILES string of the molecule is Cc1ccc(OCc2ccc(CN3CCOC(C#N)C3)cc2C#N)c(-c2csc(N3CC4CCN(C3)[C@H]4C=O)n2)c1. The van der Waals surface area contributed by atoms with E-state index in [1.165, 1.54) is 0 Å². The van der Waals surface area contributed by atoms with Crippen LogP contribution in [0.1, 0.15) is 28.7 Å². The number of carbonyl (C=O) groups excluding carboxylic acids is 1. The van der Waals surface area contributed by atoms with E-state index in [4.69, 9.17) is 14.5 Å². The highest BCUT2D eigenvalue weighted by atomic mass is 32.1. The second-order valence-electron chi connectivity index (χ2n) is 11.0. The molecule has 0 radical (unpaired) electrons. The van der Waals surface area contributed by atoms with Gasteiger partial charge in [-0.1, -0.05) is 23.8 Å². The number of aromatic nitrogens is 1. The van der Waals surface area contributed by atoms with Gasteiger partial charge in [0.2, 0.25) is 0 Å². The van der Waals surface area contributed by atoms with Gasteiger partial charge in [-0.2, -0.15) is 10.5 Å². The molecule has 9 nitrogen and oxygen atoms in total. The topological polar surface area (TPSA) is 106 Å². The Bertz CT molecular complexity index is 1500. The third-order valence-corrected chi connectivity index (χ3v) is 9.09. The Hall–Kier alpha value is -3.80. The Kier molecular flexibility index (Phi) is 8.00. The average Bonchev–Trinajstić information content (AvgIpc) is 3.58. The van der Waals surface area contributed by atoms with Crippen LogP contribution < -0.4 is 9.64 Å². The molecule has 6 rings (SSSR count). The molecule has 41 heavy (non-hydrogen) atoms. The number of rotatable bonds is 8. The summed E-state index contributed by atoms with van der Waals surface area (Å²) in [5.41, 5.74) is 5.33. The summed E-state index contributed by atoms with van der Waals surface area (Å²) in [5, 5.41) is 22.1. The van der Waals surface area contributed by atoms with Crippen LogP contribution in [0, 0.1) is 35.5 Å². The number of nitrogens with zero attached hydrogens (tertiary/aromatic N) is 6. The molecule has 3 unspecified atom stereocenters. The first-order valence-electron chi connectivity index (χ1n) is 13.9. The summed E-state index contributed by atoms with van der Waals surface area (Å²) in [7, 11) is 0. The van der Waals surface area contributed by atoms with Gasteiger partial charge in [-0.15, -0.1) is 11.3 Å². The first-order valence-corrected chi connectivity index (χ1v) is 14.8. The minimum atomic E-state index is -0.410. The number of morpholine rings is 1. The summed E-state index contributed by atoms with van der Waals surface area (Å²) < 4.78 is 11.8. The van der Waals surface area contributed by atoms with Crippen LogP contribution in [0.4, 0.5) is 5.13 Å². The summed E-state index contributed by atoms with van der Waals surface area (Å²) in [4.78, 5) is 23.2. The monoisotopic (exact) mass is 568 g/mol. The van der Waals surface area contributed by atoms with E-state index in [1.807, 2.05) is 30.3 Å². The van der Waals surface area contributed by atoms with Crippen LogP contribution in [0.2, 0.25) is 0 Å². The zero-order valence-electron chi connectivity index (χ0n) is 23.0. The Labute approximate surface area is 244 Å². The van der Waals surface area contributed by atoms with Crippen molar-refractivity contribution in [2.45, 2.75) is 38.6 Å². The number of aryl methyl sites for hydroxylation is 1. The first-order chi connectivity index (χ1) is 20.0. The molecule has 2 aromatic carbocycles. The molecule has 2 bridgehead atoms. The van der Waals surface area contributed by atoms with Crippen molar-refractivity contribution >= 4 is 22.8 Å². The number of aldehydes is 1. The molecule has 0 amide bonds. The van der Waals surface area contributed by atoms with E-state index in [0.717, 1.165) is 77.8 Å². The molecular weight excluding hydrogens is 536 g/mol. The van der Waals surface area contributed by atoms with E-state index >= 15 is 0 Å². The lowest BCUT2D eigenvalue weighted by Crippen LogP contribution is -2.51. The minimum Gasteiger partial charge on any atom is -0.488 e. The fourth-order valence-electron chi connectivity index (χ4n) is 6.00. The van der Waals surface area contributed by atoms with Crippen LogP contribution in [0.15, 0.2) is 41.8 Å². The lowest BCUT2D eigenvalue weighted by molar-refractivity contribution is -0.113. The van der Waals surface area contributed by atoms with Gasteiger partial charge in [0, 0.05) is 55.1 Å². The maximum Gasteiger partial charge on any atom is 0.186 e. The van der Waals surface area contributed by atoms with E-state index in [1.54, 1.807) is 11.3 Å². The number of ether oxygens (including phenoxy) is 2. The average molecular weight is 569 g/mol. The normalized spacial score (nSPS) is 24.0. The Morgan fingerprint density at radius 3 is 2.90 bits per heavy atom. The fourth-order valence-corrected chi connectivity index (χ4v) is 6.83. The second-order valence-corrected chi connectivity index (χ2v) is 11.8. The summed E-state index contributed by atoms with van der Waals surface area (Å²) in [6.07, 6.45) is 1.74. The molecule has 3 aromatic rings. The lowest BCUT2D eigenvalue weighted by Gasteiger charge is -2.37. The number of carbonyl (C=O) groups is 1. The number of thiazole rings is 1. The maximum atomic E-state index is 11.5. The Balaban J connectivity index is 1.16. The third-order valence-electron chi connectivity index (χ3n) is 8.19. The summed E-state index contributed by atoms with van der Waals surface area (Å²) in [5.74, 6) is 1.08. The van der Waals surface area contributed by atoms with Crippen LogP contribution in [-0.4, -0.2) is 72.7 Å². The van der Waals surface area contributed by atoms with Gasteiger partial charge < -0.3 is 19.2 Å². The molecule has 1 aromatic heterocycles. The predicted molar refractivity (Wildman–Crippen MR) is 155 cm³/mol. The molecule has 4 atom stereocenters. The number of nitriles is 2. The highest BCUT2D eigenvalue weighted by Gasteiger charge is 2.40. The largest absolute Gasteiger partial charge is 0.488 e. The van der Waals surface area contributed by atoms with Gasteiger partial charge >= 0.3 is 0 Å². The van der Waals surface area contributed by atoms with E-state index in [9.17, 15) is 15.3 Å². The molecule has 0 saturated carbocycles. The molecule has 0 N–H and O–H groups in total. The molecule has 10 heteroatoms. The van der Waals surface area contributed by atoms with Crippen molar-refractivity contribution in [1.29, 1.82) is 10.5 Å². The minimum absolute atomic E-state index is 0.0325. The molecular formula is C31H32N6O3S. The number of fused-ring (bicyclic) bond motifs is 2. The molecule has 210 valence electrons. The van der Waals surface area contributed by atoms with Crippen LogP contribution in [0.3, 0.4) is 0 Å². The molecule has 3 aliphatic heterocycles. The number of benzene rings is 2. The Morgan fingerprint density at radius 1 is 1.20 bits per heavy atom. The van der Waals surface area contributed by atoms with Crippen molar-refractivity contribution in [3.63, 3.8) is 0 Å².